The van der Waals surface area contributed by atoms with Gasteiger partial charge in [0.25, 0.3) is 0 Å². The maximum absolute atomic E-state index is 9.30. The van der Waals surface area contributed by atoms with Crippen LogP contribution in [0.1, 0.15) is 11.1 Å². The zero-order valence-electron chi connectivity index (χ0n) is 6.87. The quantitative estimate of drug-likeness (QED) is 0.734. The Kier molecular flexibility index (Phi) is 3.36. The molecule has 0 aliphatic heterocycles. The Balaban J connectivity index is 2.97. The molecule has 1 aromatic carbocycles. The van der Waals surface area contributed by atoms with Crippen LogP contribution in [-0.4, -0.2) is 11.0 Å². The van der Waals surface area contributed by atoms with Crippen molar-refractivity contribution in [2.45, 2.75) is 0 Å². The maximum Gasteiger partial charge on any atom is 0.133 e. The van der Waals surface area contributed by atoms with Crippen molar-refractivity contribution in [3.05, 3.63) is 35.4 Å². The lowest BCUT2D eigenvalue weighted by atomic mass is 10.1. The van der Waals surface area contributed by atoms with Gasteiger partial charge in [-0.25, -0.2) is 0 Å². The molecule has 1 aromatic rings. The van der Waals surface area contributed by atoms with Crippen molar-refractivity contribution in [3.8, 4) is 11.8 Å². The summed E-state index contributed by atoms with van der Waals surface area (Å²) in [7, 11) is 0. The predicted octanol–water partition coefficient (Wildman–Crippen LogP) is 2.52. The molecule has 0 saturated heterocycles. The van der Waals surface area contributed by atoms with Gasteiger partial charge in [-0.1, -0.05) is 18.2 Å². The van der Waals surface area contributed by atoms with Crippen molar-refractivity contribution >= 4 is 17.7 Å². The highest BCUT2D eigenvalue weighted by atomic mass is 35.5. The predicted molar refractivity (Wildman–Crippen MR) is 52.6 cm³/mol. The number of aromatic hydroxyl groups is 1. The second kappa shape index (κ2) is 4.54. The monoisotopic (exact) mass is 193 g/mol. The summed E-state index contributed by atoms with van der Waals surface area (Å²) in [6, 6.07) is 6.73. The van der Waals surface area contributed by atoms with Crippen molar-refractivity contribution in [2.24, 2.45) is 0 Å². The van der Waals surface area contributed by atoms with E-state index >= 15 is 0 Å². The lowest BCUT2D eigenvalue weighted by Crippen LogP contribution is -1.78. The molecule has 0 unspecified atom stereocenters. The molecule has 1 rings (SSSR count). The third-order valence-electron chi connectivity index (χ3n) is 1.54. The first-order chi connectivity index (χ1) is 6.27. The SMILES string of the molecule is N#Cc1ccc(C=CCCl)cc1O. The Morgan fingerprint density at radius 1 is 1.54 bits per heavy atom. The summed E-state index contributed by atoms with van der Waals surface area (Å²) < 4.78 is 0. The van der Waals surface area contributed by atoms with Gasteiger partial charge in [-0.2, -0.15) is 5.26 Å². The highest BCUT2D eigenvalue weighted by Gasteiger charge is 1.98. The largest absolute Gasteiger partial charge is 0.507 e. The first kappa shape index (κ1) is 9.63. The van der Waals surface area contributed by atoms with Crippen LogP contribution >= 0.6 is 11.6 Å². The third-order valence-corrected chi connectivity index (χ3v) is 1.72. The first-order valence-electron chi connectivity index (χ1n) is 3.73. The Morgan fingerprint density at radius 3 is 2.85 bits per heavy atom. The fourth-order valence-electron chi connectivity index (χ4n) is 0.928. The molecular weight excluding hydrogens is 186 g/mol. The van der Waals surface area contributed by atoms with Gasteiger partial charge >= 0.3 is 0 Å². The zero-order chi connectivity index (χ0) is 9.68. The van der Waals surface area contributed by atoms with E-state index in [2.05, 4.69) is 0 Å². The Bertz CT molecular complexity index is 366. The summed E-state index contributed by atoms with van der Waals surface area (Å²) in [5.41, 5.74) is 1.11. The van der Waals surface area contributed by atoms with E-state index in [1.165, 1.54) is 6.07 Å². The van der Waals surface area contributed by atoms with Crippen LogP contribution in [0, 0.1) is 11.3 Å². The molecule has 1 N–H and O–H groups in total. The van der Waals surface area contributed by atoms with Crippen molar-refractivity contribution in [1.29, 1.82) is 5.26 Å². The van der Waals surface area contributed by atoms with Gasteiger partial charge in [0, 0.05) is 5.88 Å². The zero-order valence-corrected chi connectivity index (χ0v) is 7.62. The van der Waals surface area contributed by atoms with E-state index in [1.807, 2.05) is 6.07 Å². The van der Waals surface area contributed by atoms with E-state index in [0.717, 1.165) is 5.56 Å². The number of nitrogens with zero attached hydrogens (tertiary/aromatic N) is 1. The van der Waals surface area contributed by atoms with Crippen LogP contribution in [0.5, 0.6) is 5.75 Å². The molecule has 0 aliphatic rings. The molecule has 0 spiro atoms. The van der Waals surface area contributed by atoms with E-state index in [0.29, 0.717) is 5.88 Å². The number of allylic oxidation sites excluding steroid dienone is 1. The van der Waals surface area contributed by atoms with Crippen molar-refractivity contribution < 1.29 is 5.11 Å². The number of hydrogen-bond acceptors (Lipinski definition) is 2. The number of hydrogen-bond donors (Lipinski definition) is 1. The van der Waals surface area contributed by atoms with Crippen molar-refractivity contribution in [3.63, 3.8) is 0 Å². The topological polar surface area (TPSA) is 44.0 Å². The van der Waals surface area contributed by atoms with E-state index in [1.54, 1.807) is 24.3 Å². The number of benzene rings is 1. The molecule has 13 heavy (non-hydrogen) atoms. The summed E-state index contributed by atoms with van der Waals surface area (Å²) in [6.07, 6.45) is 3.55. The summed E-state index contributed by atoms with van der Waals surface area (Å²) in [6.45, 7) is 0. The van der Waals surface area contributed by atoms with Gasteiger partial charge in [-0.05, 0) is 17.7 Å². The Hall–Kier alpha value is -1.46. The lowest BCUT2D eigenvalue weighted by Gasteiger charge is -1.96. The second-order valence-corrected chi connectivity index (χ2v) is 2.75. The molecule has 0 bridgehead atoms. The summed E-state index contributed by atoms with van der Waals surface area (Å²) >= 11 is 5.45. The minimum atomic E-state index is -0.000720. The second-order valence-electron chi connectivity index (χ2n) is 2.45. The summed E-state index contributed by atoms with van der Waals surface area (Å²) in [5, 5.41) is 17.8. The number of phenolic OH excluding ortho intramolecular Hbond substituents is 1. The number of phenols is 1. The molecule has 0 saturated carbocycles. The fraction of sp³-hybridized carbons (Fsp3) is 0.100. The first-order valence-corrected chi connectivity index (χ1v) is 4.27. The van der Waals surface area contributed by atoms with Crippen LogP contribution in [0.15, 0.2) is 24.3 Å². The van der Waals surface area contributed by atoms with E-state index in [4.69, 9.17) is 16.9 Å². The van der Waals surface area contributed by atoms with Crippen LogP contribution in [0.2, 0.25) is 0 Å². The third kappa shape index (κ3) is 2.50. The molecule has 0 radical (unpaired) electrons. The van der Waals surface area contributed by atoms with E-state index in [9.17, 15) is 5.11 Å². The van der Waals surface area contributed by atoms with Gasteiger partial charge in [-0.3, -0.25) is 0 Å². The van der Waals surface area contributed by atoms with Gasteiger partial charge in [0.05, 0.1) is 5.56 Å². The molecule has 2 nitrogen and oxygen atoms in total. The number of alkyl halides is 1. The van der Waals surface area contributed by atoms with E-state index in [-0.39, 0.29) is 11.3 Å². The summed E-state index contributed by atoms with van der Waals surface area (Å²) in [4.78, 5) is 0. The summed E-state index contributed by atoms with van der Waals surface area (Å²) in [5.74, 6) is 0.431. The molecule has 66 valence electrons. The minimum Gasteiger partial charge on any atom is -0.507 e. The minimum absolute atomic E-state index is 0.000720. The molecule has 0 fully saturated rings. The van der Waals surface area contributed by atoms with Crippen molar-refractivity contribution in [2.75, 3.05) is 5.88 Å². The molecule has 3 heteroatoms. The lowest BCUT2D eigenvalue weighted by molar-refractivity contribution is 0.473. The fourth-order valence-corrected chi connectivity index (χ4v) is 1.02. The Labute approximate surface area is 81.7 Å². The number of rotatable bonds is 2. The van der Waals surface area contributed by atoms with Crippen LogP contribution in [0.25, 0.3) is 6.08 Å². The normalized spacial score (nSPS) is 10.2. The number of nitriles is 1. The van der Waals surface area contributed by atoms with E-state index < -0.39 is 0 Å². The van der Waals surface area contributed by atoms with Gasteiger partial charge in [0.15, 0.2) is 0 Å². The maximum atomic E-state index is 9.30. The highest BCUT2D eigenvalue weighted by molar-refractivity contribution is 6.19. The smallest absolute Gasteiger partial charge is 0.133 e. The van der Waals surface area contributed by atoms with Crippen molar-refractivity contribution in [1.82, 2.24) is 0 Å². The average Bonchev–Trinajstić information content (AvgIpc) is 2.15. The van der Waals surface area contributed by atoms with Crippen LogP contribution in [0.4, 0.5) is 0 Å². The molecule has 0 amide bonds. The van der Waals surface area contributed by atoms with Gasteiger partial charge in [-0.15, -0.1) is 11.6 Å². The standard InChI is InChI=1S/C10H8ClNO/c11-5-1-2-8-3-4-9(7-12)10(13)6-8/h1-4,6,13H,5H2. The molecule has 0 aromatic heterocycles. The van der Waals surface area contributed by atoms with Crippen LogP contribution in [-0.2, 0) is 0 Å². The van der Waals surface area contributed by atoms with Crippen LogP contribution in [0.3, 0.4) is 0 Å². The van der Waals surface area contributed by atoms with Crippen LogP contribution < -0.4 is 0 Å². The van der Waals surface area contributed by atoms with Gasteiger partial charge < -0.3 is 5.11 Å². The number of halogens is 1. The molecular formula is C10H8ClNO. The Morgan fingerprint density at radius 2 is 2.31 bits per heavy atom. The average molecular weight is 194 g/mol. The van der Waals surface area contributed by atoms with Gasteiger partial charge in [0.2, 0.25) is 0 Å². The molecule has 0 atom stereocenters. The highest BCUT2D eigenvalue weighted by Crippen LogP contribution is 2.18. The molecule has 0 aliphatic carbocycles. The molecule has 0 heterocycles. The van der Waals surface area contributed by atoms with Gasteiger partial charge in [0.1, 0.15) is 11.8 Å².